The molecule has 0 radical (unpaired) electrons. The van der Waals surface area contributed by atoms with Gasteiger partial charge in [-0.15, -0.1) is 0 Å². The van der Waals surface area contributed by atoms with E-state index in [2.05, 4.69) is 33.5 Å². The van der Waals surface area contributed by atoms with Crippen LogP contribution in [0, 0.1) is 0 Å². The van der Waals surface area contributed by atoms with Crippen molar-refractivity contribution in [2.45, 2.75) is 32.6 Å². The first-order chi connectivity index (χ1) is 9.02. The Hall–Kier alpha value is -0.650. The average Bonchev–Trinajstić information content (AvgIpc) is 2.33. The maximum Gasteiger partial charge on any atom is 0.226 e. The number of carbonyl (C=O) groups excluding carboxylic acids is 1. The van der Waals surface area contributed by atoms with Crippen LogP contribution in [-0.2, 0) is 4.79 Å². The van der Waals surface area contributed by atoms with Gasteiger partial charge < -0.3 is 10.6 Å². The molecule has 0 atom stereocenters. The van der Waals surface area contributed by atoms with Crippen LogP contribution in [0.3, 0.4) is 0 Å². The Morgan fingerprint density at radius 2 is 2.16 bits per heavy atom. The second-order valence-corrected chi connectivity index (χ2v) is 5.81. The summed E-state index contributed by atoms with van der Waals surface area (Å²) in [7, 11) is 0. The summed E-state index contributed by atoms with van der Waals surface area (Å²) in [5.74, 6) is -0.0702. The molecule has 1 aromatic carbocycles. The van der Waals surface area contributed by atoms with Gasteiger partial charge in [-0.2, -0.15) is 0 Å². The van der Waals surface area contributed by atoms with Crippen LogP contribution in [-0.4, -0.2) is 11.0 Å². The first kappa shape index (κ1) is 16.4. The van der Waals surface area contributed by atoms with E-state index in [1.807, 2.05) is 6.07 Å². The van der Waals surface area contributed by atoms with Crippen molar-refractivity contribution in [2.24, 2.45) is 0 Å². The number of unbranched alkanes of at least 4 members (excludes halogenated alkanes) is 2. The van der Waals surface area contributed by atoms with Crippen LogP contribution >= 0.6 is 39.7 Å². The summed E-state index contributed by atoms with van der Waals surface area (Å²) in [4.78, 5) is 11.6. The lowest BCUT2D eigenvalue weighted by molar-refractivity contribution is -0.119. The van der Waals surface area contributed by atoms with Crippen molar-refractivity contribution in [1.82, 2.24) is 5.32 Å². The number of rotatable bonds is 5. The lowest BCUT2D eigenvalue weighted by Crippen LogP contribution is -2.33. The molecule has 0 bridgehead atoms. The lowest BCUT2D eigenvalue weighted by atomic mass is 10.2. The molecule has 3 nitrogen and oxygen atoms in total. The molecule has 6 heteroatoms. The third-order valence-electron chi connectivity index (χ3n) is 2.44. The molecule has 2 N–H and O–H groups in total. The van der Waals surface area contributed by atoms with Gasteiger partial charge in [-0.3, -0.25) is 4.79 Å². The maximum absolute atomic E-state index is 11.6. The van der Waals surface area contributed by atoms with Crippen molar-refractivity contribution < 1.29 is 4.79 Å². The normalized spacial score (nSPS) is 10.1. The maximum atomic E-state index is 11.6. The number of carbonyl (C=O) groups is 1. The first-order valence-corrected chi connectivity index (χ1v) is 7.66. The quantitative estimate of drug-likeness (QED) is 0.598. The SMILES string of the molecule is CCCCCC(=O)NC(=S)Nc1ccc(Br)cc1Cl. The molecule has 0 aliphatic carbocycles. The zero-order valence-electron chi connectivity index (χ0n) is 10.6. The van der Waals surface area contributed by atoms with E-state index < -0.39 is 0 Å². The molecular formula is C13H16BrClN2OS. The second-order valence-electron chi connectivity index (χ2n) is 4.08. The van der Waals surface area contributed by atoms with Crippen LogP contribution in [0.5, 0.6) is 0 Å². The number of hydrogen-bond acceptors (Lipinski definition) is 2. The summed E-state index contributed by atoms with van der Waals surface area (Å²) < 4.78 is 0.887. The molecule has 0 spiro atoms. The van der Waals surface area contributed by atoms with Crippen LogP contribution in [0.15, 0.2) is 22.7 Å². The molecule has 0 aromatic heterocycles. The van der Waals surface area contributed by atoms with Gasteiger partial charge in [0.25, 0.3) is 0 Å². The van der Waals surface area contributed by atoms with Gasteiger partial charge in [0.15, 0.2) is 5.11 Å². The zero-order valence-corrected chi connectivity index (χ0v) is 13.8. The fraction of sp³-hybridized carbons (Fsp3) is 0.385. The van der Waals surface area contributed by atoms with Crippen LogP contribution < -0.4 is 10.6 Å². The fourth-order valence-electron chi connectivity index (χ4n) is 1.47. The molecule has 19 heavy (non-hydrogen) atoms. The molecule has 1 amide bonds. The van der Waals surface area contributed by atoms with E-state index in [4.69, 9.17) is 23.8 Å². The van der Waals surface area contributed by atoms with Gasteiger partial charge in [-0.05, 0) is 36.8 Å². The number of amides is 1. The minimum Gasteiger partial charge on any atom is -0.331 e. The Kier molecular flexibility index (Phi) is 7.34. The summed E-state index contributed by atoms with van der Waals surface area (Å²) in [5, 5.41) is 6.35. The molecule has 1 rings (SSSR count). The highest BCUT2D eigenvalue weighted by Crippen LogP contribution is 2.25. The van der Waals surface area contributed by atoms with Crippen LogP contribution in [0.1, 0.15) is 32.6 Å². The number of anilines is 1. The number of thiocarbonyl (C=S) groups is 1. The van der Waals surface area contributed by atoms with Gasteiger partial charge in [0.2, 0.25) is 5.91 Å². The number of halogens is 2. The Balaban J connectivity index is 2.44. The monoisotopic (exact) mass is 362 g/mol. The van der Waals surface area contributed by atoms with E-state index in [1.54, 1.807) is 12.1 Å². The highest BCUT2D eigenvalue weighted by atomic mass is 79.9. The fourth-order valence-corrected chi connectivity index (χ4v) is 2.41. The van der Waals surface area contributed by atoms with Gasteiger partial charge in [-0.1, -0.05) is 47.3 Å². The highest BCUT2D eigenvalue weighted by molar-refractivity contribution is 9.10. The summed E-state index contributed by atoms with van der Waals surface area (Å²) in [6, 6.07) is 5.40. The Labute approximate surface area is 132 Å². The van der Waals surface area contributed by atoms with Gasteiger partial charge in [0.05, 0.1) is 10.7 Å². The van der Waals surface area contributed by atoms with Crippen LogP contribution in [0.2, 0.25) is 5.02 Å². The predicted octanol–water partition coefficient (Wildman–Crippen LogP) is 4.50. The predicted molar refractivity (Wildman–Crippen MR) is 87.7 cm³/mol. The summed E-state index contributed by atoms with van der Waals surface area (Å²) in [6.07, 6.45) is 3.50. The zero-order chi connectivity index (χ0) is 14.3. The van der Waals surface area contributed by atoms with Crippen LogP contribution in [0.25, 0.3) is 0 Å². The summed E-state index contributed by atoms with van der Waals surface area (Å²) in [5.41, 5.74) is 0.670. The largest absolute Gasteiger partial charge is 0.331 e. The first-order valence-electron chi connectivity index (χ1n) is 6.08. The van der Waals surface area contributed by atoms with Crippen molar-refractivity contribution >= 4 is 56.5 Å². The molecule has 0 heterocycles. The molecule has 104 valence electrons. The second kappa shape index (κ2) is 8.51. The molecule has 0 fully saturated rings. The van der Waals surface area contributed by atoms with Gasteiger partial charge in [0, 0.05) is 10.9 Å². The van der Waals surface area contributed by atoms with Crippen molar-refractivity contribution in [2.75, 3.05) is 5.32 Å². The van der Waals surface area contributed by atoms with E-state index in [1.165, 1.54) is 0 Å². The molecule has 0 aliphatic heterocycles. The molecule has 0 aliphatic rings. The van der Waals surface area contributed by atoms with Gasteiger partial charge in [-0.25, -0.2) is 0 Å². The molecular weight excluding hydrogens is 348 g/mol. The smallest absolute Gasteiger partial charge is 0.226 e. The van der Waals surface area contributed by atoms with Gasteiger partial charge >= 0.3 is 0 Å². The van der Waals surface area contributed by atoms with E-state index in [-0.39, 0.29) is 11.0 Å². The minimum atomic E-state index is -0.0702. The molecule has 0 unspecified atom stereocenters. The van der Waals surface area contributed by atoms with Crippen molar-refractivity contribution in [3.05, 3.63) is 27.7 Å². The average molecular weight is 364 g/mol. The Bertz CT molecular complexity index is 468. The van der Waals surface area contributed by atoms with Crippen molar-refractivity contribution in [3.63, 3.8) is 0 Å². The van der Waals surface area contributed by atoms with Gasteiger partial charge in [0.1, 0.15) is 0 Å². The standard InChI is InChI=1S/C13H16BrClN2OS/c1-2-3-4-5-12(18)17-13(19)16-11-7-6-9(14)8-10(11)15/h6-8H,2-5H2,1H3,(H2,16,17,18,19). The van der Waals surface area contributed by atoms with E-state index in [0.717, 1.165) is 23.7 Å². The van der Waals surface area contributed by atoms with Crippen molar-refractivity contribution in [1.29, 1.82) is 0 Å². The topological polar surface area (TPSA) is 41.1 Å². The third-order valence-corrected chi connectivity index (χ3v) is 3.45. The lowest BCUT2D eigenvalue weighted by Gasteiger charge is -2.11. The van der Waals surface area contributed by atoms with Crippen LogP contribution in [0.4, 0.5) is 5.69 Å². The number of benzene rings is 1. The van der Waals surface area contributed by atoms with E-state index >= 15 is 0 Å². The summed E-state index contributed by atoms with van der Waals surface area (Å²) >= 11 is 14.4. The Morgan fingerprint density at radius 3 is 2.79 bits per heavy atom. The summed E-state index contributed by atoms with van der Waals surface area (Å²) in [6.45, 7) is 2.10. The third kappa shape index (κ3) is 6.36. The number of hydrogen-bond donors (Lipinski definition) is 2. The van der Waals surface area contributed by atoms with E-state index in [0.29, 0.717) is 17.1 Å². The highest BCUT2D eigenvalue weighted by Gasteiger charge is 2.06. The molecule has 1 aromatic rings. The Morgan fingerprint density at radius 1 is 1.42 bits per heavy atom. The number of nitrogens with one attached hydrogen (secondary N) is 2. The van der Waals surface area contributed by atoms with Crippen molar-refractivity contribution in [3.8, 4) is 0 Å². The minimum absolute atomic E-state index is 0.0702. The van der Waals surface area contributed by atoms with E-state index in [9.17, 15) is 4.79 Å². The molecule has 0 saturated carbocycles. The molecule has 0 saturated heterocycles.